The molecule has 2 N–H and O–H groups in total. The van der Waals surface area contributed by atoms with Gasteiger partial charge in [-0.15, -0.1) is 12.4 Å². The fourth-order valence-electron chi connectivity index (χ4n) is 3.44. The van der Waals surface area contributed by atoms with Crippen LogP contribution in [-0.4, -0.2) is 16.2 Å². The smallest absolute Gasteiger partial charge is 0.129 e. The largest absolute Gasteiger partial charge is 0.386 e. The molecule has 1 atom stereocenters. The first kappa shape index (κ1) is 13.8. The number of hydrogen-bond donors (Lipinski definition) is 2. The number of nitrogens with one attached hydrogen (secondary N) is 1. The maximum absolute atomic E-state index is 13.7. The van der Waals surface area contributed by atoms with Gasteiger partial charge in [0.15, 0.2) is 0 Å². The Balaban J connectivity index is 0.00000120. The third kappa shape index (κ3) is 1.94. The van der Waals surface area contributed by atoms with E-state index in [-0.39, 0.29) is 29.3 Å². The van der Waals surface area contributed by atoms with Crippen molar-refractivity contribution >= 4 is 12.4 Å². The Labute approximate surface area is 113 Å². The van der Waals surface area contributed by atoms with Crippen molar-refractivity contribution in [3.05, 3.63) is 35.6 Å². The van der Waals surface area contributed by atoms with Crippen LogP contribution in [-0.2, 0) is 0 Å². The second-order valence-corrected chi connectivity index (χ2v) is 5.77. The van der Waals surface area contributed by atoms with Gasteiger partial charge in [0.1, 0.15) is 5.82 Å². The maximum Gasteiger partial charge on any atom is 0.129 e. The van der Waals surface area contributed by atoms with Gasteiger partial charge in [-0.2, -0.15) is 0 Å². The number of fused-ring (bicyclic) bond motifs is 2. The summed E-state index contributed by atoms with van der Waals surface area (Å²) in [6, 6.07) is 6.54. The minimum Gasteiger partial charge on any atom is -0.386 e. The molecule has 4 heteroatoms. The molecule has 0 spiro atoms. The zero-order valence-electron chi connectivity index (χ0n) is 10.4. The predicted octanol–water partition coefficient (Wildman–Crippen LogP) is 2.96. The molecule has 0 amide bonds. The third-order valence-electron chi connectivity index (χ3n) is 4.52. The zero-order valence-corrected chi connectivity index (χ0v) is 11.3. The minimum absolute atomic E-state index is 0. The van der Waals surface area contributed by atoms with Gasteiger partial charge in [0.25, 0.3) is 0 Å². The lowest BCUT2D eigenvalue weighted by Gasteiger charge is -2.32. The van der Waals surface area contributed by atoms with Gasteiger partial charge in [0.05, 0.1) is 6.10 Å². The van der Waals surface area contributed by atoms with Gasteiger partial charge < -0.3 is 10.4 Å². The quantitative estimate of drug-likeness (QED) is 0.867. The number of hydrogen-bond acceptors (Lipinski definition) is 2. The van der Waals surface area contributed by atoms with E-state index in [0.29, 0.717) is 5.56 Å². The van der Waals surface area contributed by atoms with Gasteiger partial charge in [-0.1, -0.05) is 18.2 Å². The fraction of sp³-hybridized carbons (Fsp3) is 0.571. The molecular formula is C14H19ClFNO. The Kier molecular flexibility index (Phi) is 3.43. The predicted molar refractivity (Wildman–Crippen MR) is 71.3 cm³/mol. The van der Waals surface area contributed by atoms with E-state index >= 15 is 0 Å². The van der Waals surface area contributed by atoms with Gasteiger partial charge in [-0.05, 0) is 38.7 Å². The molecule has 1 aromatic rings. The molecule has 2 bridgehead atoms. The van der Waals surface area contributed by atoms with Crippen LogP contribution in [0, 0.1) is 5.82 Å². The van der Waals surface area contributed by atoms with Crippen molar-refractivity contribution in [3.63, 3.8) is 0 Å². The molecule has 0 radical (unpaired) electrons. The van der Waals surface area contributed by atoms with Gasteiger partial charge in [-0.3, -0.25) is 0 Å². The summed E-state index contributed by atoms with van der Waals surface area (Å²) >= 11 is 0. The molecule has 0 aromatic heterocycles. The Morgan fingerprint density at radius 1 is 1.22 bits per heavy atom. The highest BCUT2D eigenvalue weighted by Crippen LogP contribution is 2.50. The van der Waals surface area contributed by atoms with Gasteiger partial charge in [-0.25, -0.2) is 4.39 Å². The lowest BCUT2D eigenvalue weighted by molar-refractivity contribution is 0.0706. The molecule has 1 unspecified atom stereocenters. The molecule has 2 fully saturated rings. The summed E-state index contributed by atoms with van der Waals surface area (Å²) in [6.07, 6.45) is 3.25. The minimum atomic E-state index is -0.743. The summed E-state index contributed by atoms with van der Waals surface area (Å²) in [4.78, 5) is 0. The van der Waals surface area contributed by atoms with Crippen LogP contribution < -0.4 is 5.32 Å². The standard InChI is InChI=1S/C14H18FNO.ClH/c1-13-6-8-14(16-13,9-7-13)12(17)10-4-2-3-5-11(10)15;/h2-5,12,16-17H,6-9H2,1H3;1H. The molecule has 1 aromatic carbocycles. The third-order valence-corrected chi connectivity index (χ3v) is 4.52. The topological polar surface area (TPSA) is 32.3 Å². The summed E-state index contributed by atoms with van der Waals surface area (Å²) in [6.45, 7) is 2.19. The van der Waals surface area contributed by atoms with Gasteiger partial charge in [0.2, 0.25) is 0 Å². The van der Waals surface area contributed by atoms with Crippen LogP contribution in [0.15, 0.2) is 24.3 Å². The van der Waals surface area contributed by atoms with Crippen LogP contribution in [0.3, 0.4) is 0 Å². The van der Waals surface area contributed by atoms with Crippen LogP contribution >= 0.6 is 12.4 Å². The molecular weight excluding hydrogens is 253 g/mol. The second-order valence-electron chi connectivity index (χ2n) is 5.77. The Morgan fingerprint density at radius 3 is 2.33 bits per heavy atom. The van der Waals surface area contributed by atoms with E-state index < -0.39 is 6.10 Å². The lowest BCUT2D eigenvalue weighted by atomic mass is 9.78. The van der Waals surface area contributed by atoms with E-state index in [4.69, 9.17) is 0 Å². The van der Waals surface area contributed by atoms with E-state index in [1.165, 1.54) is 6.07 Å². The first-order chi connectivity index (χ1) is 8.05. The lowest BCUT2D eigenvalue weighted by Crippen LogP contribution is -2.45. The van der Waals surface area contributed by atoms with Crippen LogP contribution in [0.1, 0.15) is 44.3 Å². The van der Waals surface area contributed by atoms with Gasteiger partial charge in [0, 0.05) is 16.6 Å². The highest BCUT2D eigenvalue weighted by molar-refractivity contribution is 5.85. The van der Waals surface area contributed by atoms with Crippen LogP contribution in [0.5, 0.6) is 0 Å². The van der Waals surface area contributed by atoms with Crippen molar-refractivity contribution < 1.29 is 9.50 Å². The van der Waals surface area contributed by atoms with E-state index in [1.54, 1.807) is 18.2 Å². The van der Waals surface area contributed by atoms with Crippen molar-refractivity contribution in [1.82, 2.24) is 5.32 Å². The molecule has 2 saturated heterocycles. The first-order valence-electron chi connectivity index (χ1n) is 6.27. The molecule has 2 aliphatic heterocycles. The average Bonchev–Trinajstić information content (AvgIpc) is 2.83. The van der Waals surface area contributed by atoms with E-state index in [0.717, 1.165) is 25.7 Å². The SMILES string of the molecule is CC12CCC(C(O)c3ccccc3F)(CC1)N2.Cl. The van der Waals surface area contributed by atoms with E-state index in [9.17, 15) is 9.50 Å². The molecule has 18 heavy (non-hydrogen) atoms. The Bertz CT molecular complexity index is 443. The number of aliphatic hydroxyl groups is 1. The zero-order chi connectivity index (χ0) is 12.1. The fourth-order valence-corrected chi connectivity index (χ4v) is 3.44. The number of rotatable bonds is 2. The Hall–Kier alpha value is -0.640. The molecule has 0 saturated carbocycles. The van der Waals surface area contributed by atoms with Crippen LogP contribution in [0.25, 0.3) is 0 Å². The number of aliphatic hydroxyl groups excluding tert-OH is 1. The molecule has 3 rings (SSSR count). The van der Waals surface area contributed by atoms with Gasteiger partial charge >= 0.3 is 0 Å². The van der Waals surface area contributed by atoms with Crippen molar-refractivity contribution in [2.45, 2.75) is 49.8 Å². The van der Waals surface area contributed by atoms with Crippen molar-refractivity contribution in [1.29, 1.82) is 0 Å². The number of halogens is 2. The summed E-state index contributed by atoms with van der Waals surface area (Å²) in [5, 5.41) is 14.0. The van der Waals surface area contributed by atoms with E-state index in [2.05, 4.69) is 12.2 Å². The molecule has 100 valence electrons. The highest BCUT2D eigenvalue weighted by atomic mass is 35.5. The number of benzene rings is 1. The summed E-state index contributed by atoms with van der Waals surface area (Å²) < 4.78 is 13.7. The maximum atomic E-state index is 13.7. The normalized spacial score (nSPS) is 35.3. The summed E-state index contributed by atoms with van der Waals surface area (Å²) in [5.41, 5.74) is 0.259. The molecule has 2 nitrogen and oxygen atoms in total. The molecule has 2 aliphatic rings. The second kappa shape index (κ2) is 4.48. The van der Waals surface area contributed by atoms with Crippen LogP contribution in [0.2, 0.25) is 0 Å². The first-order valence-corrected chi connectivity index (χ1v) is 6.27. The van der Waals surface area contributed by atoms with Crippen molar-refractivity contribution in [2.24, 2.45) is 0 Å². The van der Waals surface area contributed by atoms with Crippen molar-refractivity contribution in [2.75, 3.05) is 0 Å². The summed E-state index contributed by atoms with van der Waals surface area (Å²) in [5.74, 6) is -0.309. The average molecular weight is 272 g/mol. The monoisotopic (exact) mass is 271 g/mol. The van der Waals surface area contributed by atoms with Crippen LogP contribution in [0.4, 0.5) is 4.39 Å². The summed E-state index contributed by atoms with van der Waals surface area (Å²) in [7, 11) is 0. The highest BCUT2D eigenvalue weighted by Gasteiger charge is 2.55. The molecule has 2 heterocycles. The molecule has 0 aliphatic carbocycles. The van der Waals surface area contributed by atoms with E-state index in [1.807, 2.05) is 0 Å². The van der Waals surface area contributed by atoms with Crippen molar-refractivity contribution in [3.8, 4) is 0 Å². The Morgan fingerprint density at radius 2 is 1.83 bits per heavy atom.